The molecule has 0 nitrogen and oxygen atoms in total. The average molecular weight is 228 g/mol. The zero-order valence-electron chi connectivity index (χ0n) is 11.8. The van der Waals surface area contributed by atoms with Crippen molar-refractivity contribution in [3.63, 3.8) is 0 Å². The molecule has 0 aromatic carbocycles. The predicted octanol–water partition coefficient (Wildman–Crippen LogP) is 5.26. The van der Waals surface area contributed by atoms with E-state index in [1.165, 1.54) is 25.7 Å². The summed E-state index contributed by atoms with van der Waals surface area (Å²) in [4.78, 5) is 0. The normalized spacial score (nSPS) is 29.0. The van der Waals surface area contributed by atoms with Gasteiger partial charge in [0.25, 0.3) is 0 Å². The lowest BCUT2D eigenvalue weighted by Gasteiger charge is -2.56. The van der Waals surface area contributed by atoms with Crippen molar-refractivity contribution in [2.24, 2.45) is 5.41 Å². The molecule has 0 N–H and O–H groups in total. The van der Waals surface area contributed by atoms with E-state index in [1.807, 2.05) is 0 Å². The summed E-state index contributed by atoms with van der Waals surface area (Å²) in [5.41, 5.74) is 0.627. The van der Waals surface area contributed by atoms with Crippen molar-refractivity contribution in [3.05, 3.63) is 0 Å². The molecule has 1 fully saturated rings. The van der Waals surface area contributed by atoms with E-state index in [2.05, 4.69) is 48.2 Å². The van der Waals surface area contributed by atoms with Crippen LogP contribution in [-0.2, 0) is 0 Å². The lowest BCUT2D eigenvalue weighted by molar-refractivity contribution is 0.163. The summed E-state index contributed by atoms with van der Waals surface area (Å²) in [6.45, 7) is 17.3. The van der Waals surface area contributed by atoms with E-state index in [-0.39, 0.29) is 7.92 Å². The molecule has 0 aromatic rings. The molecule has 0 spiro atoms. The second kappa shape index (κ2) is 4.02. The summed E-state index contributed by atoms with van der Waals surface area (Å²) >= 11 is 0. The van der Waals surface area contributed by atoms with Gasteiger partial charge >= 0.3 is 0 Å². The topological polar surface area (TPSA) is 0 Å². The molecule has 15 heavy (non-hydrogen) atoms. The third kappa shape index (κ3) is 2.41. The smallest absolute Gasteiger partial charge is 0.0143 e. The fourth-order valence-corrected chi connectivity index (χ4v) is 6.49. The van der Waals surface area contributed by atoms with E-state index in [9.17, 15) is 0 Å². The molecular weight excluding hydrogens is 199 g/mol. The van der Waals surface area contributed by atoms with Gasteiger partial charge in [-0.1, -0.05) is 62.3 Å². The highest BCUT2D eigenvalue weighted by Crippen LogP contribution is 2.68. The standard InChI is InChI=1S/C14H29P/c1-8-14(9-2)10-12(3,4)15(7)13(5,6)11-14/h8-11H2,1-7H3. The molecule has 1 aliphatic heterocycles. The summed E-state index contributed by atoms with van der Waals surface area (Å²) in [6, 6.07) is 0. The van der Waals surface area contributed by atoms with Crippen LogP contribution in [0.1, 0.15) is 67.2 Å². The van der Waals surface area contributed by atoms with Crippen molar-refractivity contribution in [2.75, 3.05) is 6.66 Å². The Morgan fingerprint density at radius 1 is 0.867 bits per heavy atom. The molecule has 0 aromatic heterocycles. The Morgan fingerprint density at radius 3 is 1.47 bits per heavy atom. The Hall–Kier alpha value is 0.430. The van der Waals surface area contributed by atoms with Crippen molar-refractivity contribution < 1.29 is 0 Å². The highest BCUT2D eigenvalue weighted by atomic mass is 31.1. The van der Waals surface area contributed by atoms with Gasteiger partial charge in [-0.15, -0.1) is 0 Å². The van der Waals surface area contributed by atoms with Crippen molar-refractivity contribution in [3.8, 4) is 0 Å². The fourth-order valence-electron chi connectivity index (χ4n) is 3.70. The van der Waals surface area contributed by atoms with E-state index < -0.39 is 0 Å². The first-order valence-electron chi connectivity index (χ1n) is 6.43. The summed E-state index contributed by atoms with van der Waals surface area (Å²) in [5, 5.41) is 1.15. The van der Waals surface area contributed by atoms with E-state index in [0.29, 0.717) is 15.7 Å². The molecule has 0 saturated carbocycles. The molecule has 90 valence electrons. The second-order valence-electron chi connectivity index (χ2n) is 6.74. The molecule has 1 saturated heterocycles. The molecule has 1 heteroatoms. The monoisotopic (exact) mass is 228 g/mol. The third-order valence-corrected chi connectivity index (χ3v) is 8.88. The van der Waals surface area contributed by atoms with Crippen molar-refractivity contribution in [1.82, 2.24) is 0 Å². The Kier molecular flexibility index (Phi) is 3.62. The SMILES string of the molecule is CCC1(CC)CC(C)(C)P(C)C(C)(C)C1. The fraction of sp³-hybridized carbons (Fsp3) is 1.00. The maximum Gasteiger partial charge on any atom is -0.0143 e. The molecule has 1 heterocycles. The predicted molar refractivity (Wildman–Crippen MR) is 73.3 cm³/mol. The minimum Gasteiger partial charge on any atom is -0.0982 e. The third-order valence-electron chi connectivity index (χ3n) is 4.93. The van der Waals surface area contributed by atoms with Crippen LogP contribution in [0.15, 0.2) is 0 Å². The van der Waals surface area contributed by atoms with Gasteiger partial charge in [0.15, 0.2) is 0 Å². The lowest BCUT2D eigenvalue weighted by atomic mass is 9.69. The highest BCUT2D eigenvalue weighted by molar-refractivity contribution is 7.60. The van der Waals surface area contributed by atoms with E-state index in [0.717, 1.165) is 0 Å². The van der Waals surface area contributed by atoms with Gasteiger partial charge in [0.2, 0.25) is 0 Å². The molecule has 0 bridgehead atoms. The first-order valence-corrected chi connectivity index (χ1v) is 8.22. The van der Waals surface area contributed by atoms with Gasteiger partial charge in [0.1, 0.15) is 0 Å². The molecule has 1 rings (SSSR count). The highest BCUT2D eigenvalue weighted by Gasteiger charge is 2.49. The molecule has 0 unspecified atom stereocenters. The zero-order chi connectivity index (χ0) is 11.9. The van der Waals surface area contributed by atoms with Gasteiger partial charge in [-0.2, -0.15) is 0 Å². The van der Waals surface area contributed by atoms with Crippen LogP contribution >= 0.6 is 7.92 Å². The van der Waals surface area contributed by atoms with Crippen LogP contribution in [0.5, 0.6) is 0 Å². The lowest BCUT2D eigenvalue weighted by Crippen LogP contribution is -2.45. The number of hydrogen-bond donors (Lipinski definition) is 0. The van der Waals surface area contributed by atoms with Crippen molar-refractivity contribution in [2.45, 2.75) is 77.5 Å². The van der Waals surface area contributed by atoms with Crippen LogP contribution < -0.4 is 0 Å². The number of rotatable bonds is 2. The minimum atomic E-state index is 0.152. The summed E-state index contributed by atoms with van der Waals surface area (Å²) < 4.78 is 0. The van der Waals surface area contributed by atoms with E-state index in [1.54, 1.807) is 0 Å². The molecule has 0 atom stereocenters. The Bertz CT molecular complexity index is 203. The summed E-state index contributed by atoms with van der Waals surface area (Å²) in [5.74, 6) is 0. The first kappa shape index (κ1) is 13.5. The Labute approximate surface area is 98.0 Å². The zero-order valence-corrected chi connectivity index (χ0v) is 12.7. The quantitative estimate of drug-likeness (QED) is 0.566. The van der Waals surface area contributed by atoms with Crippen LogP contribution in [0.25, 0.3) is 0 Å². The van der Waals surface area contributed by atoms with Crippen molar-refractivity contribution >= 4 is 7.92 Å². The van der Waals surface area contributed by atoms with Gasteiger partial charge in [0, 0.05) is 0 Å². The van der Waals surface area contributed by atoms with Crippen LogP contribution in [0, 0.1) is 5.41 Å². The molecule has 0 radical (unpaired) electrons. The summed E-state index contributed by atoms with van der Waals surface area (Å²) in [7, 11) is 0.152. The van der Waals surface area contributed by atoms with Crippen molar-refractivity contribution in [1.29, 1.82) is 0 Å². The van der Waals surface area contributed by atoms with Gasteiger partial charge < -0.3 is 0 Å². The molecule has 1 aliphatic rings. The van der Waals surface area contributed by atoms with Crippen LogP contribution in [0.3, 0.4) is 0 Å². The molecule has 0 amide bonds. The van der Waals surface area contributed by atoms with Gasteiger partial charge in [-0.05, 0) is 35.2 Å². The second-order valence-corrected chi connectivity index (χ2v) is 10.3. The summed E-state index contributed by atoms with van der Waals surface area (Å²) in [6.07, 6.45) is 5.61. The first-order chi connectivity index (χ1) is 6.69. The van der Waals surface area contributed by atoms with Crippen LogP contribution in [0.4, 0.5) is 0 Å². The maximum atomic E-state index is 2.52. The van der Waals surface area contributed by atoms with E-state index in [4.69, 9.17) is 0 Å². The van der Waals surface area contributed by atoms with Gasteiger partial charge in [0.05, 0.1) is 0 Å². The largest absolute Gasteiger partial charge is 0.0982 e. The van der Waals surface area contributed by atoms with Gasteiger partial charge in [-0.25, -0.2) is 0 Å². The Morgan fingerprint density at radius 2 is 1.20 bits per heavy atom. The van der Waals surface area contributed by atoms with E-state index >= 15 is 0 Å². The minimum absolute atomic E-state index is 0.152. The maximum absolute atomic E-state index is 2.52. The average Bonchev–Trinajstić information content (AvgIpc) is 2.13. The van der Waals surface area contributed by atoms with Crippen LogP contribution in [0.2, 0.25) is 0 Å². The van der Waals surface area contributed by atoms with Crippen LogP contribution in [-0.4, -0.2) is 17.0 Å². The Balaban J connectivity index is 3.02. The number of hydrogen-bond acceptors (Lipinski definition) is 0. The molecular formula is C14H29P. The molecule has 0 aliphatic carbocycles. The van der Waals surface area contributed by atoms with Gasteiger partial charge in [-0.3, -0.25) is 0 Å².